The van der Waals surface area contributed by atoms with E-state index in [4.69, 9.17) is 4.74 Å². The molecule has 3 heterocycles. The van der Waals surface area contributed by atoms with Crippen LogP contribution in [-0.4, -0.2) is 57.5 Å². The highest BCUT2D eigenvalue weighted by atomic mass is 16.5. The molecule has 2 saturated heterocycles. The number of ether oxygens (including phenoxy) is 1. The zero-order valence-corrected chi connectivity index (χ0v) is 9.20. The molecular weight excluding hydrogens is 206 g/mol. The van der Waals surface area contributed by atoms with Crippen molar-refractivity contribution in [3.63, 3.8) is 0 Å². The summed E-state index contributed by atoms with van der Waals surface area (Å²) in [5.41, 5.74) is 0. The Labute approximate surface area is 94.6 Å². The number of aliphatic hydroxyl groups excluding tert-OH is 1. The molecular formula is C11H17N3O2. The Morgan fingerprint density at radius 2 is 2.38 bits per heavy atom. The van der Waals surface area contributed by atoms with Gasteiger partial charge in [-0.3, -0.25) is 4.90 Å². The number of aliphatic hydroxyl groups is 1. The van der Waals surface area contributed by atoms with Gasteiger partial charge in [-0.2, -0.15) is 0 Å². The Morgan fingerprint density at radius 1 is 1.44 bits per heavy atom. The molecule has 0 bridgehead atoms. The van der Waals surface area contributed by atoms with E-state index in [-0.39, 0.29) is 6.10 Å². The molecule has 2 aliphatic rings. The normalized spacial score (nSPS) is 34.4. The van der Waals surface area contributed by atoms with E-state index in [0.29, 0.717) is 18.6 Å². The van der Waals surface area contributed by atoms with Gasteiger partial charge < -0.3 is 14.4 Å². The molecule has 1 N–H and O–H groups in total. The van der Waals surface area contributed by atoms with Crippen molar-refractivity contribution in [2.24, 2.45) is 0 Å². The van der Waals surface area contributed by atoms with E-state index in [1.165, 1.54) is 0 Å². The third-order valence-corrected chi connectivity index (χ3v) is 3.46. The molecule has 0 radical (unpaired) electrons. The van der Waals surface area contributed by atoms with Gasteiger partial charge >= 0.3 is 0 Å². The highest BCUT2D eigenvalue weighted by Crippen LogP contribution is 2.34. The molecule has 0 saturated carbocycles. The Morgan fingerprint density at radius 3 is 3.06 bits per heavy atom. The van der Waals surface area contributed by atoms with Crippen LogP contribution in [0.5, 0.6) is 0 Å². The first kappa shape index (κ1) is 10.3. The Hall–Kier alpha value is -0.910. The highest BCUT2D eigenvalue weighted by molar-refractivity contribution is 5.04. The minimum absolute atomic E-state index is 0.320. The molecule has 0 aliphatic carbocycles. The van der Waals surface area contributed by atoms with Crippen LogP contribution in [0.4, 0.5) is 0 Å². The lowest BCUT2D eigenvalue weighted by molar-refractivity contribution is 0.109. The van der Waals surface area contributed by atoms with Crippen molar-refractivity contribution in [3.05, 3.63) is 18.7 Å². The molecule has 3 rings (SSSR count). The lowest BCUT2D eigenvalue weighted by Gasteiger charge is -2.12. The summed E-state index contributed by atoms with van der Waals surface area (Å²) in [7, 11) is 0. The van der Waals surface area contributed by atoms with Crippen LogP contribution >= 0.6 is 0 Å². The number of hydrogen-bond acceptors (Lipinski definition) is 4. The Bertz CT molecular complexity index is 329. The van der Waals surface area contributed by atoms with Crippen LogP contribution in [0.2, 0.25) is 0 Å². The molecule has 5 nitrogen and oxygen atoms in total. The van der Waals surface area contributed by atoms with Crippen LogP contribution in [0.1, 0.15) is 6.42 Å². The molecule has 0 spiro atoms. The maximum absolute atomic E-state index is 9.95. The fourth-order valence-corrected chi connectivity index (χ4v) is 2.58. The second kappa shape index (κ2) is 4.16. The summed E-state index contributed by atoms with van der Waals surface area (Å²) in [6, 6.07) is 1.22. The smallest absolute Gasteiger partial charge is 0.0946 e. The maximum Gasteiger partial charge on any atom is 0.0946 e. The molecule has 1 aromatic heterocycles. The average Bonchev–Trinajstić information content (AvgIpc) is 2.73. The summed E-state index contributed by atoms with van der Waals surface area (Å²) in [5.74, 6) is 0. The monoisotopic (exact) mass is 223 g/mol. The molecule has 0 aromatic carbocycles. The molecule has 2 fully saturated rings. The maximum atomic E-state index is 9.95. The summed E-state index contributed by atoms with van der Waals surface area (Å²) in [6.07, 6.45) is 6.14. The first-order valence-corrected chi connectivity index (χ1v) is 5.82. The molecule has 0 amide bonds. The predicted octanol–water partition coefficient (Wildman–Crippen LogP) is -0.283. The third kappa shape index (κ3) is 1.98. The van der Waals surface area contributed by atoms with Gasteiger partial charge in [0, 0.05) is 37.6 Å². The molecule has 2 aliphatic heterocycles. The number of β-amino-alcohol motifs (C(OH)–C–C–N with tert-alkyl or cyclic N) is 1. The Balaban J connectivity index is 1.48. The molecule has 4 unspecified atom stereocenters. The highest BCUT2D eigenvalue weighted by Gasteiger charge is 2.49. The topological polar surface area (TPSA) is 50.3 Å². The van der Waals surface area contributed by atoms with E-state index < -0.39 is 0 Å². The van der Waals surface area contributed by atoms with Crippen molar-refractivity contribution in [1.82, 2.24) is 14.5 Å². The van der Waals surface area contributed by atoms with Crippen LogP contribution in [-0.2, 0) is 11.3 Å². The van der Waals surface area contributed by atoms with Crippen molar-refractivity contribution in [1.29, 1.82) is 0 Å². The number of fused-ring (bicyclic) bond motifs is 1. The summed E-state index contributed by atoms with van der Waals surface area (Å²) in [4.78, 5) is 6.30. The minimum Gasteiger partial charge on any atom is -0.390 e. The van der Waals surface area contributed by atoms with E-state index in [0.717, 1.165) is 26.2 Å². The van der Waals surface area contributed by atoms with Gasteiger partial charge in [0.1, 0.15) is 0 Å². The second-order valence-electron chi connectivity index (χ2n) is 4.61. The van der Waals surface area contributed by atoms with Crippen LogP contribution < -0.4 is 0 Å². The number of nitrogens with zero attached hydrogens (tertiary/aromatic N) is 3. The van der Waals surface area contributed by atoms with E-state index in [9.17, 15) is 5.11 Å². The Kier molecular flexibility index (Phi) is 2.67. The number of rotatable bonds is 4. The van der Waals surface area contributed by atoms with Crippen molar-refractivity contribution in [2.75, 3.05) is 19.8 Å². The van der Waals surface area contributed by atoms with Crippen molar-refractivity contribution in [2.45, 2.75) is 31.2 Å². The van der Waals surface area contributed by atoms with Gasteiger partial charge in [-0.15, -0.1) is 0 Å². The van der Waals surface area contributed by atoms with Crippen molar-refractivity contribution in [3.8, 4) is 0 Å². The second-order valence-corrected chi connectivity index (χ2v) is 4.61. The third-order valence-electron chi connectivity index (χ3n) is 3.46. The lowest BCUT2D eigenvalue weighted by atomic mass is 10.2. The number of imidazole rings is 1. The number of aromatic nitrogens is 2. The fourth-order valence-electron chi connectivity index (χ4n) is 2.58. The van der Waals surface area contributed by atoms with E-state index in [2.05, 4.69) is 9.88 Å². The van der Waals surface area contributed by atoms with Gasteiger partial charge in [-0.05, 0) is 6.42 Å². The molecule has 88 valence electrons. The van der Waals surface area contributed by atoms with Gasteiger partial charge in [-0.25, -0.2) is 4.98 Å². The molecule has 5 heteroatoms. The summed E-state index contributed by atoms with van der Waals surface area (Å²) >= 11 is 0. The quantitative estimate of drug-likeness (QED) is 0.713. The fraction of sp³-hybridized carbons (Fsp3) is 0.727. The summed E-state index contributed by atoms with van der Waals surface area (Å²) < 4.78 is 7.31. The van der Waals surface area contributed by atoms with Crippen molar-refractivity contribution < 1.29 is 9.84 Å². The van der Waals surface area contributed by atoms with Crippen molar-refractivity contribution >= 4 is 0 Å². The summed E-state index contributed by atoms with van der Waals surface area (Å²) in [5, 5.41) is 9.95. The van der Waals surface area contributed by atoms with E-state index >= 15 is 0 Å². The largest absolute Gasteiger partial charge is 0.390 e. The minimum atomic E-state index is -0.320. The van der Waals surface area contributed by atoms with E-state index in [1.54, 1.807) is 12.5 Å². The molecule has 4 atom stereocenters. The molecule has 1 aromatic rings. The first-order valence-electron chi connectivity index (χ1n) is 5.82. The summed E-state index contributed by atoms with van der Waals surface area (Å²) in [6.45, 7) is 3.07. The zero-order valence-electron chi connectivity index (χ0n) is 9.20. The van der Waals surface area contributed by atoms with Gasteiger partial charge in [0.15, 0.2) is 0 Å². The standard InChI is InChI=1S/C11H17N3O2/c15-9(5-13-3-2-12-8-13)6-14-10-1-4-16-7-11(10)14/h2-3,8-11,15H,1,4-7H2. The van der Waals surface area contributed by atoms with Gasteiger partial charge in [0.05, 0.1) is 25.6 Å². The van der Waals surface area contributed by atoms with Gasteiger partial charge in [0.2, 0.25) is 0 Å². The average molecular weight is 223 g/mol. The van der Waals surface area contributed by atoms with Gasteiger partial charge in [-0.1, -0.05) is 0 Å². The number of hydrogen-bond donors (Lipinski definition) is 1. The SMILES string of the molecule is OC(CN1C2CCOCC21)Cn1ccnc1. The van der Waals surface area contributed by atoms with Crippen LogP contribution in [0.25, 0.3) is 0 Å². The first-order chi connectivity index (χ1) is 7.84. The van der Waals surface area contributed by atoms with Gasteiger partial charge in [0.25, 0.3) is 0 Å². The lowest BCUT2D eigenvalue weighted by Crippen LogP contribution is -2.25. The van der Waals surface area contributed by atoms with E-state index in [1.807, 2.05) is 10.8 Å². The molecule has 16 heavy (non-hydrogen) atoms. The van der Waals surface area contributed by atoms with Crippen LogP contribution in [0.3, 0.4) is 0 Å². The predicted molar refractivity (Wildman–Crippen MR) is 58.0 cm³/mol. The van der Waals surface area contributed by atoms with Crippen LogP contribution in [0.15, 0.2) is 18.7 Å². The van der Waals surface area contributed by atoms with Crippen LogP contribution in [0, 0.1) is 0 Å². The zero-order chi connectivity index (χ0) is 11.0.